The fourth-order valence-electron chi connectivity index (χ4n) is 3.12. The van der Waals surface area contributed by atoms with Crippen LogP contribution in [-0.4, -0.2) is 25.2 Å². The zero-order valence-electron chi connectivity index (χ0n) is 20.0. The lowest BCUT2D eigenvalue weighted by Crippen LogP contribution is -2.37. The summed E-state index contributed by atoms with van der Waals surface area (Å²) in [4.78, 5) is 24.3. The number of carbonyl (C=O) groups is 2. The molecule has 0 aromatic carbocycles. The molecule has 29 heavy (non-hydrogen) atoms. The van der Waals surface area contributed by atoms with Gasteiger partial charge in [0.25, 0.3) is 0 Å². The summed E-state index contributed by atoms with van der Waals surface area (Å²) in [7, 11) is 0. The number of esters is 2. The molecule has 0 aromatic rings. The second-order valence-electron chi connectivity index (χ2n) is 9.32. The molecule has 0 spiro atoms. The minimum atomic E-state index is -1.23. The first kappa shape index (κ1) is 27.9. The molecule has 172 valence electrons. The largest absolute Gasteiger partial charge is 0.465 e. The molecule has 0 aliphatic heterocycles. The lowest BCUT2D eigenvalue weighted by atomic mass is 9.94. The topological polar surface area (TPSA) is 52.6 Å². The number of unbranched alkanes of at least 4 members (excludes halogenated alkanes) is 12. The molecule has 0 aliphatic carbocycles. The van der Waals surface area contributed by atoms with Crippen molar-refractivity contribution in [3.63, 3.8) is 0 Å². The van der Waals surface area contributed by atoms with Crippen molar-refractivity contribution in [3.8, 4) is 0 Å². The minimum Gasteiger partial charge on any atom is -0.465 e. The highest BCUT2D eigenvalue weighted by Crippen LogP contribution is 2.20. The molecule has 4 nitrogen and oxygen atoms in total. The van der Waals surface area contributed by atoms with Crippen LogP contribution in [0.25, 0.3) is 0 Å². The SMILES string of the molecule is CCCCCCCCCCCCCCCOC(=O)C(C)(C)C(=O)OCCC(C)C. The molecule has 0 saturated heterocycles. The predicted molar refractivity (Wildman–Crippen MR) is 121 cm³/mol. The molecule has 0 atom stereocenters. The van der Waals surface area contributed by atoms with Gasteiger partial charge in [-0.1, -0.05) is 97.8 Å². The first-order chi connectivity index (χ1) is 13.8. The Morgan fingerprint density at radius 2 is 1.03 bits per heavy atom. The second-order valence-corrected chi connectivity index (χ2v) is 9.32. The van der Waals surface area contributed by atoms with Gasteiger partial charge in [0.05, 0.1) is 13.2 Å². The van der Waals surface area contributed by atoms with E-state index in [2.05, 4.69) is 20.8 Å². The van der Waals surface area contributed by atoms with Crippen LogP contribution in [0, 0.1) is 11.3 Å². The van der Waals surface area contributed by atoms with E-state index in [0.717, 1.165) is 19.3 Å². The van der Waals surface area contributed by atoms with Crippen molar-refractivity contribution in [1.82, 2.24) is 0 Å². The molecule has 0 aromatic heterocycles. The standard InChI is InChI=1S/C25H48O4/c1-6-7-8-9-10-11-12-13-14-15-16-17-18-20-28-23(26)25(4,5)24(27)29-21-19-22(2)3/h22H,6-21H2,1-5H3. The summed E-state index contributed by atoms with van der Waals surface area (Å²) in [6, 6.07) is 0. The predicted octanol–water partition coefficient (Wildman–Crippen LogP) is 7.24. The molecule has 0 bridgehead atoms. The van der Waals surface area contributed by atoms with E-state index in [1.54, 1.807) is 13.8 Å². The summed E-state index contributed by atoms with van der Waals surface area (Å²) in [6.45, 7) is 10.3. The van der Waals surface area contributed by atoms with Crippen LogP contribution in [0.1, 0.15) is 125 Å². The number of carbonyl (C=O) groups excluding carboxylic acids is 2. The molecule has 0 heterocycles. The number of hydrogen-bond donors (Lipinski definition) is 0. The molecule has 0 rings (SSSR count). The van der Waals surface area contributed by atoms with Crippen LogP contribution in [-0.2, 0) is 19.1 Å². The van der Waals surface area contributed by atoms with Gasteiger partial charge in [0.15, 0.2) is 5.41 Å². The maximum atomic E-state index is 12.2. The number of ether oxygens (including phenoxy) is 2. The van der Waals surface area contributed by atoms with E-state index in [0.29, 0.717) is 19.1 Å². The van der Waals surface area contributed by atoms with Crippen LogP contribution in [0.5, 0.6) is 0 Å². The molecule has 4 heteroatoms. The Kier molecular flexibility index (Phi) is 17.1. The van der Waals surface area contributed by atoms with Gasteiger partial charge in [0.1, 0.15) is 0 Å². The average molecular weight is 413 g/mol. The van der Waals surface area contributed by atoms with Gasteiger partial charge in [0.2, 0.25) is 0 Å². The highest BCUT2D eigenvalue weighted by molar-refractivity contribution is 5.99. The van der Waals surface area contributed by atoms with Gasteiger partial charge in [0, 0.05) is 0 Å². The van der Waals surface area contributed by atoms with Crippen molar-refractivity contribution in [2.75, 3.05) is 13.2 Å². The summed E-state index contributed by atoms with van der Waals surface area (Å²) in [6.07, 6.45) is 17.5. The second kappa shape index (κ2) is 17.8. The summed E-state index contributed by atoms with van der Waals surface area (Å²) in [5.41, 5.74) is -1.23. The lowest BCUT2D eigenvalue weighted by molar-refractivity contribution is -0.170. The van der Waals surface area contributed by atoms with E-state index < -0.39 is 17.4 Å². The van der Waals surface area contributed by atoms with Crippen LogP contribution in [0.2, 0.25) is 0 Å². The maximum Gasteiger partial charge on any atom is 0.322 e. The van der Waals surface area contributed by atoms with E-state index in [1.807, 2.05) is 0 Å². The first-order valence-electron chi connectivity index (χ1n) is 12.2. The van der Waals surface area contributed by atoms with E-state index in [4.69, 9.17) is 9.47 Å². The Morgan fingerprint density at radius 1 is 0.655 bits per heavy atom. The molecular formula is C25H48O4. The van der Waals surface area contributed by atoms with Crippen molar-refractivity contribution >= 4 is 11.9 Å². The summed E-state index contributed by atoms with van der Waals surface area (Å²) in [5.74, 6) is -0.507. The third kappa shape index (κ3) is 15.4. The minimum absolute atomic E-state index is 0.353. The van der Waals surface area contributed by atoms with Crippen molar-refractivity contribution in [2.24, 2.45) is 11.3 Å². The lowest BCUT2D eigenvalue weighted by Gasteiger charge is -2.21. The molecule has 0 radical (unpaired) electrons. The zero-order valence-corrected chi connectivity index (χ0v) is 20.0. The Bertz CT molecular complexity index is 415. The van der Waals surface area contributed by atoms with Crippen molar-refractivity contribution in [3.05, 3.63) is 0 Å². The van der Waals surface area contributed by atoms with Gasteiger partial charge in [-0.25, -0.2) is 0 Å². The molecule has 0 N–H and O–H groups in total. The third-order valence-corrected chi connectivity index (χ3v) is 5.43. The Hall–Kier alpha value is -1.06. The highest BCUT2D eigenvalue weighted by atomic mass is 16.6. The average Bonchev–Trinajstić information content (AvgIpc) is 2.67. The van der Waals surface area contributed by atoms with E-state index in [1.165, 1.54) is 70.6 Å². The summed E-state index contributed by atoms with van der Waals surface area (Å²) in [5, 5.41) is 0. The quantitative estimate of drug-likeness (QED) is 0.127. The zero-order chi connectivity index (χ0) is 22.0. The van der Waals surface area contributed by atoms with Gasteiger partial charge in [-0.3, -0.25) is 9.59 Å². The normalized spacial score (nSPS) is 11.7. The molecular weight excluding hydrogens is 364 g/mol. The van der Waals surface area contributed by atoms with Crippen molar-refractivity contribution < 1.29 is 19.1 Å². The fourth-order valence-corrected chi connectivity index (χ4v) is 3.12. The van der Waals surface area contributed by atoms with Crippen LogP contribution < -0.4 is 0 Å². The van der Waals surface area contributed by atoms with Gasteiger partial charge in [-0.2, -0.15) is 0 Å². The Balaban J connectivity index is 3.59. The monoisotopic (exact) mass is 412 g/mol. The van der Waals surface area contributed by atoms with Crippen LogP contribution in [0.4, 0.5) is 0 Å². The maximum absolute atomic E-state index is 12.2. The highest BCUT2D eigenvalue weighted by Gasteiger charge is 2.39. The summed E-state index contributed by atoms with van der Waals surface area (Å²) < 4.78 is 10.5. The van der Waals surface area contributed by atoms with E-state index >= 15 is 0 Å². The Morgan fingerprint density at radius 3 is 1.45 bits per heavy atom. The number of hydrogen-bond acceptors (Lipinski definition) is 4. The molecule has 0 aliphatic rings. The van der Waals surface area contributed by atoms with Gasteiger partial charge in [-0.15, -0.1) is 0 Å². The van der Waals surface area contributed by atoms with Gasteiger partial charge >= 0.3 is 11.9 Å². The fraction of sp³-hybridized carbons (Fsp3) is 0.920. The van der Waals surface area contributed by atoms with E-state index in [9.17, 15) is 9.59 Å². The molecule has 0 fully saturated rings. The molecule has 0 saturated carbocycles. The van der Waals surface area contributed by atoms with E-state index in [-0.39, 0.29) is 0 Å². The Labute approximate surface area is 180 Å². The molecule has 0 amide bonds. The first-order valence-corrected chi connectivity index (χ1v) is 12.2. The summed E-state index contributed by atoms with van der Waals surface area (Å²) >= 11 is 0. The van der Waals surface area contributed by atoms with Crippen molar-refractivity contribution in [2.45, 2.75) is 125 Å². The third-order valence-electron chi connectivity index (χ3n) is 5.43. The molecule has 0 unspecified atom stereocenters. The van der Waals surface area contributed by atoms with Gasteiger partial charge in [-0.05, 0) is 32.6 Å². The van der Waals surface area contributed by atoms with Gasteiger partial charge < -0.3 is 9.47 Å². The van der Waals surface area contributed by atoms with Crippen LogP contribution in [0.3, 0.4) is 0 Å². The van der Waals surface area contributed by atoms with Crippen molar-refractivity contribution in [1.29, 1.82) is 0 Å². The smallest absolute Gasteiger partial charge is 0.322 e. The number of rotatable bonds is 19. The van der Waals surface area contributed by atoms with Crippen LogP contribution >= 0.6 is 0 Å². The van der Waals surface area contributed by atoms with Crippen LogP contribution in [0.15, 0.2) is 0 Å².